The van der Waals surface area contributed by atoms with Crippen LogP contribution in [0, 0.1) is 25.7 Å². The molecule has 0 radical (unpaired) electrons. The van der Waals surface area contributed by atoms with Crippen molar-refractivity contribution in [1.82, 2.24) is 19.5 Å². The summed E-state index contributed by atoms with van der Waals surface area (Å²) < 4.78 is 12.4. The predicted molar refractivity (Wildman–Crippen MR) is 93.1 cm³/mol. The maximum Gasteiger partial charge on any atom is 0.302 e. The summed E-state index contributed by atoms with van der Waals surface area (Å²) in [7, 11) is 0. The molecule has 9 nitrogen and oxygen atoms in total. The van der Waals surface area contributed by atoms with E-state index in [4.69, 9.17) is 15.2 Å². The molecule has 1 fully saturated rings. The standard InChI is InChI=1S/C17H23N5O4/c1-8-15-16(21-17(18)19-8)22(9(2)20-15)14-5-12(6-25-10(3)23)13(14)7-26-11(4)24/h12-14H,5-7H2,1-4H3,(H2,18,19,21). The number of carbonyl (C=O) groups excluding carboxylic acids is 2. The van der Waals surface area contributed by atoms with Crippen LogP contribution in [0.3, 0.4) is 0 Å². The molecule has 3 rings (SSSR count). The van der Waals surface area contributed by atoms with E-state index in [1.54, 1.807) is 0 Å². The number of anilines is 1. The number of rotatable bonds is 5. The van der Waals surface area contributed by atoms with Crippen molar-refractivity contribution in [2.45, 2.75) is 40.2 Å². The van der Waals surface area contributed by atoms with Crippen LogP contribution in [-0.2, 0) is 19.1 Å². The number of nitrogen functional groups attached to an aromatic ring is 1. The first kappa shape index (κ1) is 18.1. The number of nitrogens with zero attached hydrogens (tertiary/aromatic N) is 4. The molecule has 0 aliphatic heterocycles. The molecule has 140 valence electrons. The van der Waals surface area contributed by atoms with Gasteiger partial charge in [-0.3, -0.25) is 9.59 Å². The first-order valence-corrected chi connectivity index (χ1v) is 8.53. The Kier molecular flexibility index (Phi) is 4.80. The monoisotopic (exact) mass is 361 g/mol. The molecule has 0 amide bonds. The number of carbonyl (C=O) groups is 2. The van der Waals surface area contributed by atoms with E-state index in [1.807, 2.05) is 18.4 Å². The van der Waals surface area contributed by atoms with E-state index < -0.39 is 0 Å². The minimum absolute atomic E-state index is 0.00541. The molecule has 9 heteroatoms. The SMILES string of the molecule is CC(=O)OCC1CC(n2c(C)nc3c(C)nc(N)nc32)C1COC(C)=O. The molecule has 0 bridgehead atoms. The van der Waals surface area contributed by atoms with E-state index >= 15 is 0 Å². The molecular formula is C17H23N5O4. The van der Waals surface area contributed by atoms with E-state index in [1.165, 1.54) is 13.8 Å². The molecule has 26 heavy (non-hydrogen) atoms. The average molecular weight is 361 g/mol. The summed E-state index contributed by atoms with van der Waals surface area (Å²) in [4.78, 5) is 35.5. The summed E-state index contributed by atoms with van der Waals surface area (Å²) in [5.41, 5.74) is 7.93. The van der Waals surface area contributed by atoms with Gasteiger partial charge in [-0.15, -0.1) is 0 Å². The summed E-state index contributed by atoms with van der Waals surface area (Å²) in [6.07, 6.45) is 0.772. The highest BCUT2D eigenvalue weighted by Gasteiger charge is 2.44. The van der Waals surface area contributed by atoms with Crippen LogP contribution in [0.15, 0.2) is 0 Å². The van der Waals surface area contributed by atoms with Gasteiger partial charge in [0, 0.05) is 31.7 Å². The van der Waals surface area contributed by atoms with Crippen LogP contribution in [0.5, 0.6) is 0 Å². The molecular weight excluding hydrogens is 338 g/mol. The number of hydrogen-bond acceptors (Lipinski definition) is 8. The van der Waals surface area contributed by atoms with Crippen LogP contribution >= 0.6 is 0 Å². The first-order chi connectivity index (χ1) is 12.3. The molecule has 2 aromatic heterocycles. The van der Waals surface area contributed by atoms with Gasteiger partial charge in [-0.25, -0.2) is 9.97 Å². The lowest BCUT2D eigenvalue weighted by atomic mass is 9.69. The minimum atomic E-state index is -0.337. The van der Waals surface area contributed by atoms with Gasteiger partial charge in [0.05, 0.1) is 18.9 Å². The number of esters is 2. The number of ether oxygens (including phenoxy) is 2. The third kappa shape index (κ3) is 3.33. The summed E-state index contributed by atoms with van der Waals surface area (Å²) in [6.45, 7) is 7.07. The lowest BCUT2D eigenvalue weighted by Gasteiger charge is -2.44. The Balaban J connectivity index is 1.91. The third-order valence-corrected chi connectivity index (χ3v) is 4.86. The molecule has 2 aromatic rings. The van der Waals surface area contributed by atoms with Crippen LogP contribution in [0.2, 0.25) is 0 Å². The second kappa shape index (κ2) is 6.89. The van der Waals surface area contributed by atoms with Gasteiger partial charge in [0.2, 0.25) is 5.95 Å². The highest BCUT2D eigenvalue weighted by molar-refractivity contribution is 5.75. The van der Waals surface area contributed by atoms with Crippen molar-refractivity contribution in [3.05, 3.63) is 11.5 Å². The van der Waals surface area contributed by atoms with Gasteiger partial charge < -0.3 is 19.8 Å². The highest BCUT2D eigenvalue weighted by Crippen LogP contribution is 2.46. The molecule has 3 atom stereocenters. The van der Waals surface area contributed by atoms with Crippen molar-refractivity contribution >= 4 is 29.1 Å². The molecule has 1 aliphatic carbocycles. The second-order valence-electron chi connectivity index (χ2n) is 6.70. The van der Waals surface area contributed by atoms with E-state index in [0.29, 0.717) is 17.8 Å². The van der Waals surface area contributed by atoms with Crippen molar-refractivity contribution < 1.29 is 19.1 Å². The molecule has 3 unspecified atom stereocenters. The molecule has 0 aromatic carbocycles. The van der Waals surface area contributed by atoms with Gasteiger partial charge in [-0.05, 0) is 20.3 Å². The lowest BCUT2D eigenvalue weighted by Crippen LogP contribution is -2.44. The van der Waals surface area contributed by atoms with Gasteiger partial charge in [-0.1, -0.05) is 0 Å². The first-order valence-electron chi connectivity index (χ1n) is 8.53. The smallest absolute Gasteiger partial charge is 0.302 e. The maximum absolute atomic E-state index is 11.3. The summed E-state index contributed by atoms with van der Waals surface area (Å²) in [6, 6.07) is 0.0357. The topological polar surface area (TPSA) is 122 Å². The van der Waals surface area contributed by atoms with Crippen molar-refractivity contribution in [2.75, 3.05) is 18.9 Å². The highest BCUT2D eigenvalue weighted by atomic mass is 16.5. The molecule has 1 saturated carbocycles. The number of fused-ring (bicyclic) bond motifs is 1. The molecule has 0 spiro atoms. The van der Waals surface area contributed by atoms with Crippen molar-refractivity contribution in [3.63, 3.8) is 0 Å². The molecule has 2 N–H and O–H groups in total. The Hall–Kier alpha value is -2.71. The zero-order valence-electron chi connectivity index (χ0n) is 15.4. The lowest BCUT2D eigenvalue weighted by molar-refractivity contribution is -0.152. The van der Waals surface area contributed by atoms with Gasteiger partial charge in [0.25, 0.3) is 0 Å². The Morgan fingerprint density at radius 2 is 1.77 bits per heavy atom. The summed E-state index contributed by atoms with van der Waals surface area (Å²) >= 11 is 0. The quantitative estimate of drug-likeness (QED) is 0.791. The van der Waals surface area contributed by atoms with E-state index in [9.17, 15) is 9.59 Å². The Bertz CT molecular complexity index is 862. The molecule has 2 heterocycles. The summed E-state index contributed by atoms with van der Waals surface area (Å²) in [5.74, 6) is 0.457. The average Bonchev–Trinajstić information content (AvgIpc) is 2.83. The van der Waals surface area contributed by atoms with E-state index in [-0.39, 0.29) is 42.4 Å². The van der Waals surface area contributed by atoms with Crippen LogP contribution in [-0.4, -0.2) is 44.7 Å². The van der Waals surface area contributed by atoms with Gasteiger partial charge >= 0.3 is 11.9 Å². The van der Waals surface area contributed by atoms with Gasteiger partial charge in [0.1, 0.15) is 11.3 Å². The zero-order chi connectivity index (χ0) is 19.0. The number of imidazole rings is 1. The Labute approximate surface area is 150 Å². The van der Waals surface area contributed by atoms with Crippen LogP contribution in [0.4, 0.5) is 5.95 Å². The van der Waals surface area contributed by atoms with Crippen molar-refractivity contribution in [3.8, 4) is 0 Å². The number of aryl methyl sites for hydroxylation is 2. The zero-order valence-corrected chi connectivity index (χ0v) is 15.4. The second-order valence-corrected chi connectivity index (χ2v) is 6.70. The van der Waals surface area contributed by atoms with Crippen LogP contribution in [0.1, 0.15) is 37.8 Å². The van der Waals surface area contributed by atoms with Crippen molar-refractivity contribution in [1.29, 1.82) is 0 Å². The molecule has 0 saturated heterocycles. The number of aromatic nitrogens is 4. The Morgan fingerprint density at radius 1 is 1.12 bits per heavy atom. The fraction of sp³-hybridized carbons (Fsp3) is 0.588. The largest absolute Gasteiger partial charge is 0.466 e. The normalized spacial score (nSPS) is 22.1. The van der Waals surface area contributed by atoms with Gasteiger partial charge in [0.15, 0.2) is 5.65 Å². The Morgan fingerprint density at radius 3 is 2.42 bits per heavy atom. The van der Waals surface area contributed by atoms with Crippen molar-refractivity contribution in [2.24, 2.45) is 11.8 Å². The number of nitrogens with two attached hydrogens (primary N) is 1. The fourth-order valence-electron chi connectivity index (χ4n) is 3.59. The van der Waals surface area contributed by atoms with Gasteiger partial charge in [-0.2, -0.15) is 4.98 Å². The van der Waals surface area contributed by atoms with E-state index in [0.717, 1.165) is 17.9 Å². The van der Waals surface area contributed by atoms with Crippen LogP contribution < -0.4 is 5.73 Å². The van der Waals surface area contributed by atoms with E-state index in [2.05, 4.69) is 15.0 Å². The molecule has 1 aliphatic rings. The number of hydrogen-bond donors (Lipinski definition) is 1. The third-order valence-electron chi connectivity index (χ3n) is 4.86. The maximum atomic E-state index is 11.3. The fourth-order valence-corrected chi connectivity index (χ4v) is 3.59. The van der Waals surface area contributed by atoms with Crippen LogP contribution in [0.25, 0.3) is 11.2 Å². The summed E-state index contributed by atoms with van der Waals surface area (Å²) in [5, 5.41) is 0. The predicted octanol–water partition coefficient (Wildman–Crippen LogP) is 1.33. The minimum Gasteiger partial charge on any atom is -0.466 e.